The second kappa shape index (κ2) is 8.52. The van der Waals surface area contributed by atoms with E-state index in [0.717, 1.165) is 38.1 Å². The maximum absolute atomic E-state index is 13.5. The number of imide groups is 1. The third-order valence-electron chi connectivity index (χ3n) is 5.34. The number of hydrogen-bond acceptors (Lipinski definition) is 4. The minimum atomic E-state index is -0.341. The average molecular weight is 425 g/mol. The van der Waals surface area contributed by atoms with Crippen molar-refractivity contribution in [2.75, 3.05) is 18.0 Å². The Morgan fingerprint density at radius 1 is 0.900 bits per heavy atom. The van der Waals surface area contributed by atoms with E-state index in [-0.39, 0.29) is 17.9 Å². The molecule has 0 N–H and O–H groups in total. The Labute approximate surface area is 181 Å². The fraction of sp³-hybridized carbons (Fsp3) is 0.333. The number of carbonyl (C=O) groups excluding carboxylic acids is 2. The van der Waals surface area contributed by atoms with Crippen molar-refractivity contribution < 1.29 is 14.3 Å². The maximum atomic E-state index is 13.5. The smallest absolute Gasteiger partial charge is 0.282 e. The van der Waals surface area contributed by atoms with Gasteiger partial charge in [-0.25, -0.2) is 4.90 Å². The standard InChI is InChI=1S/C24H25ClN2O3/c1-16(2)30-18-12-10-17(11-13-18)21-22(26-14-6-3-7-15-26)24(29)27(23(21)28)20-9-5-4-8-19(20)25/h4-5,8-13,16H,3,6-7,14-15H2,1-2H3. The van der Waals surface area contributed by atoms with Crippen LogP contribution in [0.25, 0.3) is 5.57 Å². The van der Waals surface area contributed by atoms with Crippen molar-refractivity contribution >= 4 is 34.7 Å². The molecule has 2 aliphatic rings. The molecule has 2 aromatic carbocycles. The van der Waals surface area contributed by atoms with Gasteiger partial charge < -0.3 is 9.64 Å². The van der Waals surface area contributed by atoms with Gasteiger partial charge in [0.05, 0.1) is 22.4 Å². The number of para-hydroxylation sites is 1. The predicted molar refractivity (Wildman–Crippen MR) is 118 cm³/mol. The Morgan fingerprint density at radius 2 is 1.57 bits per heavy atom. The molecule has 2 heterocycles. The van der Waals surface area contributed by atoms with Crippen LogP contribution in [-0.2, 0) is 9.59 Å². The highest BCUT2D eigenvalue weighted by Crippen LogP contribution is 2.38. The van der Waals surface area contributed by atoms with Crippen LogP contribution in [0.15, 0.2) is 54.2 Å². The van der Waals surface area contributed by atoms with Gasteiger partial charge in [-0.15, -0.1) is 0 Å². The predicted octanol–water partition coefficient (Wildman–Crippen LogP) is 4.90. The zero-order chi connectivity index (χ0) is 21.3. The van der Waals surface area contributed by atoms with Crippen LogP contribution in [0.5, 0.6) is 5.75 Å². The molecule has 0 radical (unpaired) electrons. The molecule has 2 aromatic rings. The number of piperidine rings is 1. The molecular weight excluding hydrogens is 400 g/mol. The number of amides is 2. The van der Waals surface area contributed by atoms with Gasteiger partial charge in [-0.2, -0.15) is 0 Å². The maximum Gasteiger partial charge on any atom is 0.282 e. The Morgan fingerprint density at radius 3 is 2.20 bits per heavy atom. The SMILES string of the molecule is CC(C)Oc1ccc(C2=C(N3CCCCC3)C(=O)N(c3ccccc3Cl)C2=O)cc1. The molecule has 1 fully saturated rings. The van der Waals surface area contributed by atoms with Crippen LogP contribution >= 0.6 is 11.6 Å². The van der Waals surface area contributed by atoms with Gasteiger partial charge in [0.25, 0.3) is 11.8 Å². The van der Waals surface area contributed by atoms with Crippen LogP contribution in [0.1, 0.15) is 38.7 Å². The van der Waals surface area contributed by atoms with E-state index in [4.69, 9.17) is 16.3 Å². The summed E-state index contributed by atoms with van der Waals surface area (Å²) in [6.45, 7) is 5.46. The van der Waals surface area contributed by atoms with Gasteiger partial charge in [-0.3, -0.25) is 9.59 Å². The van der Waals surface area contributed by atoms with Crippen molar-refractivity contribution in [3.63, 3.8) is 0 Å². The summed E-state index contributed by atoms with van der Waals surface area (Å²) in [4.78, 5) is 30.3. The third-order valence-corrected chi connectivity index (χ3v) is 5.66. The van der Waals surface area contributed by atoms with Gasteiger partial charge in [-0.05, 0) is 62.9 Å². The molecule has 5 nitrogen and oxygen atoms in total. The number of likely N-dealkylation sites (tertiary alicyclic amines) is 1. The lowest BCUT2D eigenvalue weighted by molar-refractivity contribution is -0.120. The number of anilines is 1. The second-order valence-corrected chi connectivity index (χ2v) is 8.27. The molecule has 1 saturated heterocycles. The van der Waals surface area contributed by atoms with Crippen molar-refractivity contribution in [1.29, 1.82) is 0 Å². The van der Waals surface area contributed by atoms with Crippen molar-refractivity contribution in [2.24, 2.45) is 0 Å². The first kappa shape index (κ1) is 20.5. The fourth-order valence-corrected chi connectivity index (χ4v) is 4.23. The Kier molecular flexibility index (Phi) is 5.82. The molecule has 30 heavy (non-hydrogen) atoms. The molecule has 0 unspecified atom stereocenters. The van der Waals surface area contributed by atoms with Crippen LogP contribution in [0, 0.1) is 0 Å². The molecule has 0 aliphatic carbocycles. The van der Waals surface area contributed by atoms with Gasteiger partial charge in [0.1, 0.15) is 11.4 Å². The number of rotatable bonds is 5. The van der Waals surface area contributed by atoms with E-state index in [0.29, 0.717) is 27.5 Å². The zero-order valence-corrected chi connectivity index (χ0v) is 18.0. The monoisotopic (exact) mass is 424 g/mol. The van der Waals surface area contributed by atoms with Crippen molar-refractivity contribution in [2.45, 2.75) is 39.2 Å². The molecule has 4 rings (SSSR count). The first-order valence-electron chi connectivity index (χ1n) is 10.4. The minimum Gasteiger partial charge on any atom is -0.491 e. The van der Waals surface area contributed by atoms with E-state index in [1.54, 1.807) is 24.3 Å². The van der Waals surface area contributed by atoms with Crippen molar-refractivity contribution in [1.82, 2.24) is 4.90 Å². The molecule has 0 spiro atoms. The van der Waals surface area contributed by atoms with E-state index in [1.807, 2.05) is 38.1 Å². The molecule has 6 heteroatoms. The molecule has 156 valence electrons. The normalized spacial score (nSPS) is 17.3. The van der Waals surface area contributed by atoms with E-state index in [9.17, 15) is 9.59 Å². The molecule has 0 bridgehead atoms. The van der Waals surface area contributed by atoms with E-state index in [1.165, 1.54) is 4.90 Å². The number of halogens is 1. The highest BCUT2D eigenvalue weighted by atomic mass is 35.5. The highest BCUT2D eigenvalue weighted by molar-refractivity contribution is 6.47. The molecule has 0 atom stereocenters. The molecule has 2 aliphatic heterocycles. The first-order chi connectivity index (χ1) is 14.5. The Bertz CT molecular complexity index is 992. The van der Waals surface area contributed by atoms with Crippen LogP contribution in [0.2, 0.25) is 5.02 Å². The summed E-state index contributed by atoms with van der Waals surface area (Å²) >= 11 is 6.34. The fourth-order valence-electron chi connectivity index (χ4n) is 4.01. The molecule has 0 saturated carbocycles. The summed E-state index contributed by atoms with van der Waals surface area (Å²) < 4.78 is 5.72. The average Bonchev–Trinajstić information content (AvgIpc) is 2.99. The van der Waals surface area contributed by atoms with Crippen LogP contribution < -0.4 is 9.64 Å². The van der Waals surface area contributed by atoms with Gasteiger partial charge in [-0.1, -0.05) is 35.9 Å². The summed E-state index contributed by atoms with van der Waals surface area (Å²) in [5, 5.41) is 0.374. The molecular formula is C24H25ClN2O3. The lowest BCUT2D eigenvalue weighted by atomic mass is 10.0. The molecule has 0 aromatic heterocycles. The summed E-state index contributed by atoms with van der Waals surface area (Å²) in [5.74, 6) is 0.0762. The minimum absolute atomic E-state index is 0.0596. The number of carbonyl (C=O) groups is 2. The summed E-state index contributed by atoms with van der Waals surface area (Å²) in [7, 11) is 0. The number of hydrogen-bond donors (Lipinski definition) is 0. The largest absolute Gasteiger partial charge is 0.491 e. The summed E-state index contributed by atoms with van der Waals surface area (Å²) in [6.07, 6.45) is 3.21. The quantitative estimate of drug-likeness (QED) is 0.641. The summed E-state index contributed by atoms with van der Waals surface area (Å²) in [5.41, 5.74) is 2.02. The zero-order valence-electron chi connectivity index (χ0n) is 17.2. The van der Waals surface area contributed by atoms with Crippen LogP contribution in [-0.4, -0.2) is 35.9 Å². The third kappa shape index (κ3) is 3.82. The highest BCUT2D eigenvalue weighted by Gasteiger charge is 2.43. The first-order valence-corrected chi connectivity index (χ1v) is 10.7. The van der Waals surface area contributed by atoms with Gasteiger partial charge in [0.2, 0.25) is 0 Å². The van der Waals surface area contributed by atoms with Gasteiger partial charge in [0, 0.05) is 13.1 Å². The Hall–Kier alpha value is -2.79. The topological polar surface area (TPSA) is 49.9 Å². The molecule has 2 amide bonds. The second-order valence-electron chi connectivity index (χ2n) is 7.86. The van der Waals surface area contributed by atoms with Gasteiger partial charge >= 0.3 is 0 Å². The number of ether oxygens (including phenoxy) is 1. The van der Waals surface area contributed by atoms with E-state index < -0.39 is 0 Å². The number of benzene rings is 2. The number of nitrogens with zero attached hydrogens (tertiary/aromatic N) is 2. The Balaban J connectivity index is 1.78. The van der Waals surface area contributed by atoms with Gasteiger partial charge in [0.15, 0.2) is 0 Å². The lowest BCUT2D eigenvalue weighted by Gasteiger charge is -2.29. The van der Waals surface area contributed by atoms with E-state index >= 15 is 0 Å². The van der Waals surface area contributed by atoms with E-state index in [2.05, 4.69) is 4.90 Å². The van der Waals surface area contributed by atoms with Crippen molar-refractivity contribution in [3.8, 4) is 5.75 Å². The van der Waals surface area contributed by atoms with Crippen molar-refractivity contribution in [3.05, 3.63) is 64.8 Å². The van der Waals surface area contributed by atoms with Crippen LogP contribution in [0.4, 0.5) is 5.69 Å². The summed E-state index contributed by atoms with van der Waals surface area (Å²) in [6, 6.07) is 14.3. The lowest BCUT2D eigenvalue weighted by Crippen LogP contribution is -2.37. The van der Waals surface area contributed by atoms with Crippen LogP contribution in [0.3, 0.4) is 0 Å².